The Hall–Kier alpha value is -0.500. The standard InChI is InChI=1S/C9H17N3O2S2/c1-7(9-8(2)12-6-15-9)11-4-5-16(13,14)10-3/h6-7,10-11H,4-5H2,1-3H3. The molecule has 0 radical (unpaired) electrons. The molecule has 1 aromatic rings. The van der Waals surface area contributed by atoms with Gasteiger partial charge in [0.1, 0.15) is 0 Å². The molecule has 0 aliphatic heterocycles. The SMILES string of the molecule is CNS(=O)(=O)CCNC(C)c1scnc1C. The first-order valence-electron chi connectivity index (χ1n) is 5.01. The Bertz CT molecular complexity index is 428. The summed E-state index contributed by atoms with van der Waals surface area (Å²) in [6.07, 6.45) is 0. The number of sulfonamides is 1. The van der Waals surface area contributed by atoms with Gasteiger partial charge in [-0.3, -0.25) is 0 Å². The minimum absolute atomic E-state index is 0.0890. The van der Waals surface area contributed by atoms with Gasteiger partial charge >= 0.3 is 0 Å². The van der Waals surface area contributed by atoms with Crippen LogP contribution in [-0.2, 0) is 10.0 Å². The second-order valence-electron chi connectivity index (χ2n) is 3.50. The Balaban J connectivity index is 2.43. The zero-order chi connectivity index (χ0) is 12.2. The molecule has 7 heteroatoms. The molecule has 1 aromatic heterocycles. The fraction of sp³-hybridized carbons (Fsp3) is 0.667. The van der Waals surface area contributed by atoms with Crippen molar-refractivity contribution in [3.8, 4) is 0 Å². The van der Waals surface area contributed by atoms with Crippen LogP contribution >= 0.6 is 11.3 Å². The number of nitrogens with one attached hydrogen (secondary N) is 2. The van der Waals surface area contributed by atoms with Gasteiger partial charge in [0, 0.05) is 17.5 Å². The molecule has 5 nitrogen and oxygen atoms in total. The summed E-state index contributed by atoms with van der Waals surface area (Å²) < 4.78 is 24.6. The van der Waals surface area contributed by atoms with E-state index in [1.54, 1.807) is 16.8 Å². The summed E-state index contributed by atoms with van der Waals surface area (Å²) >= 11 is 1.58. The molecule has 0 aromatic carbocycles. The Morgan fingerprint density at radius 2 is 2.25 bits per heavy atom. The fourth-order valence-corrected chi connectivity index (χ4v) is 2.76. The maximum Gasteiger partial charge on any atom is 0.212 e. The lowest BCUT2D eigenvalue weighted by Gasteiger charge is -2.12. The van der Waals surface area contributed by atoms with Crippen molar-refractivity contribution in [1.82, 2.24) is 15.0 Å². The third-order valence-corrected chi connectivity index (χ3v) is 4.79. The van der Waals surface area contributed by atoms with Crippen LogP contribution < -0.4 is 10.0 Å². The van der Waals surface area contributed by atoms with E-state index in [0.29, 0.717) is 6.54 Å². The van der Waals surface area contributed by atoms with Crippen LogP contribution in [0.1, 0.15) is 23.5 Å². The lowest BCUT2D eigenvalue weighted by Crippen LogP contribution is -2.30. The molecule has 16 heavy (non-hydrogen) atoms. The van der Waals surface area contributed by atoms with Gasteiger partial charge in [-0.15, -0.1) is 11.3 Å². The molecule has 0 spiro atoms. The highest BCUT2D eigenvalue weighted by atomic mass is 32.2. The molecule has 0 saturated heterocycles. The van der Waals surface area contributed by atoms with E-state index in [9.17, 15) is 8.42 Å². The van der Waals surface area contributed by atoms with E-state index in [2.05, 4.69) is 15.0 Å². The molecule has 1 unspecified atom stereocenters. The molecule has 0 aliphatic carbocycles. The largest absolute Gasteiger partial charge is 0.308 e. The third-order valence-electron chi connectivity index (χ3n) is 2.31. The molecule has 1 heterocycles. The zero-order valence-corrected chi connectivity index (χ0v) is 11.3. The maximum absolute atomic E-state index is 11.2. The number of nitrogens with zero attached hydrogens (tertiary/aromatic N) is 1. The number of hydrogen-bond acceptors (Lipinski definition) is 5. The molecular formula is C9H17N3O2S2. The Morgan fingerprint density at radius 3 is 2.75 bits per heavy atom. The Morgan fingerprint density at radius 1 is 1.56 bits per heavy atom. The van der Waals surface area contributed by atoms with Crippen LogP contribution in [0.4, 0.5) is 0 Å². The topological polar surface area (TPSA) is 71.1 Å². The lowest BCUT2D eigenvalue weighted by atomic mass is 10.2. The second kappa shape index (κ2) is 5.72. The monoisotopic (exact) mass is 263 g/mol. The van der Waals surface area contributed by atoms with Crippen molar-refractivity contribution in [2.24, 2.45) is 0 Å². The quantitative estimate of drug-likeness (QED) is 0.790. The van der Waals surface area contributed by atoms with Crippen LogP contribution in [0, 0.1) is 6.92 Å². The normalized spacial score (nSPS) is 13.9. The predicted molar refractivity (Wildman–Crippen MR) is 66.1 cm³/mol. The number of hydrogen-bond donors (Lipinski definition) is 2. The first kappa shape index (κ1) is 13.6. The van der Waals surface area contributed by atoms with E-state index in [1.807, 2.05) is 13.8 Å². The Kier molecular flexibility index (Phi) is 4.85. The van der Waals surface area contributed by atoms with Gasteiger partial charge < -0.3 is 5.32 Å². The average Bonchev–Trinajstić information content (AvgIpc) is 2.64. The van der Waals surface area contributed by atoms with Crippen LogP contribution in [0.2, 0.25) is 0 Å². The van der Waals surface area contributed by atoms with Gasteiger partial charge in [-0.05, 0) is 20.9 Å². The molecule has 92 valence electrons. The van der Waals surface area contributed by atoms with Crippen molar-refractivity contribution in [3.05, 3.63) is 16.1 Å². The van der Waals surface area contributed by atoms with E-state index >= 15 is 0 Å². The van der Waals surface area contributed by atoms with Gasteiger partial charge in [-0.25, -0.2) is 18.1 Å². The Labute approximate surface area is 100 Å². The van der Waals surface area contributed by atoms with Gasteiger partial charge in [0.05, 0.1) is 17.0 Å². The minimum atomic E-state index is -3.12. The van der Waals surface area contributed by atoms with Crippen LogP contribution in [0.3, 0.4) is 0 Å². The summed E-state index contributed by atoms with van der Waals surface area (Å²) in [6, 6.07) is 0.138. The van der Waals surface area contributed by atoms with Crippen LogP contribution in [0.5, 0.6) is 0 Å². The van der Waals surface area contributed by atoms with Crippen LogP contribution in [-0.4, -0.2) is 32.7 Å². The van der Waals surface area contributed by atoms with E-state index < -0.39 is 10.0 Å². The van der Waals surface area contributed by atoms with Crippen molar-refractivity contribution < 1.29 is 8.42 Å². The van der Waals surface area contributed by atoms with Crippen LogP contribution in [0.15, 0.2) is 5.51 Å². The molecule has 0 saturated carbocycles. The van der Waals surface area contributed by atoms with Crippen molar-refractivity contribution >= 4 is 21.4 Å². The summed E-state index contributed by atoms with van der Waals surface area (Å²) in [7, 11) is -1.70. The van der Waals surface area contributed by atoms with E-state index in [4.69, 9.17) is 0 Å². The van der Waals surface area contributed by atoms with Gasteiger partial charge in [-0.1, -0.05) is 0 Å². The summed E-state index contributed by atoms with van der Waals surface area (Å²) in [6.45, 7) is 4.39. The molecule has 2 N–H and O–H groups in total. The highest BCUT2D eigenvalue weighted by Gasteiger charge is 2.12. The maximum atomic E-state index is 11.2. The highest BCUT2D eigenvalue weighted by Crippen LogP contribution is 2.20. The van der Waals surface area contributed by atoms with Gasteiger partial charge in [-0.2, -0.15) is 0 Å². The van der Waals surface area contributed by atoms with E-state index in [0.717, 1.165) is 10.6 Å². The molecule has 0 aliphatic rings. The highest BCUT2D eigenvalue weighted by molar-refractivity contribution is 7.89. The summed E-state index contributed by atoms with van der Waals surface area (Å²) in [5, 5.41) is 3.17. The summed E-state index contributed by atoms with van der Waals surface area (Å²) in [5.74, 6) is 0.0890. The minimum Gasteiger partial charge on any atom is -0.308 e. The molecule has 0 amide bonds. The van der Waals surface area contributed by atoms with Gasteiger partial charge in [0.15, 0.2) is 0 Å². The predicted octanol–water partition coefficient (Wildman–Crippen LogP) is 0.651. The molecule has 0 fully saturated rings. The average molecular weight is 263 g/mol. The first-order chi connectivity index (χ1) is 7.46. The third kappa shape index (κ3) is 3.82. The van der Waals surface area contributed by atoms with Crippen molar-refractivity contribution in [2.45, 2.75) is 19.9 Å². The molecule has 1 rings (SSSR count). The van der Waals surface area contributed by atoms with Crippen molar-refractivity contribution in [1.29, 1.82) is 0 Å². The van der Waals surface area contributed by atoms with Gasteiger partial charge in [0.2, 0.25) is 10.0 Å². The smallest absolute Gasteiger partial charge is 0.212 e. The van der Waals surface area contributed by atoms with Gasteiger partial charge in [0.25, 0.3) is 0 Å². The van der Waals surface area contributed by atoms with Crippen LogP contribution in [0.25, 0.3) is 0 Å². The summed E-state index contributed by atoms with van der Waals surface area (Å²) in [4.78, 5) is 5.31. The van der Waals surface area contributed by atoms with E-state index in [1.165, 1.54) is 7.05 Å². The zero-order valence-electron chi connectivity index (χ0n) is 9.65. The number of aryl methyl sites for hydroxylation is 1. The molecule has 1 atom stereocenters. The first-order valence-corrected chi connectivity index (χ1v) is 7.54. The van der Waals surface area contributed by atoms with Crippen molar-refractivity contribution in [2.75, 3.05) is 19.3 Å². The van der Waals surface area contributed by atoms with Crippen molar-refractivity contribution in [3.63, 3.8) is 0 Å². The second-order valence-corrected chi connectivity index (χ2v) is 6.43. The summed E-state index contributed by atoms with van der Waals surface area (Å²) in [5.41, 5.74) is 2.80. The number of rotatable bonds is 6. The van der Waals surface area contributed by atoms with E-state index in [-0.39, 0.29) is 11.8 Å². The fourth-order valence-electron chi connectivity index (χ4n) is 1.33. The number of thiazole rings is 1. The molecular weight excluding hydrogens is 246 g/mol. The lowest BCUT2D eigenvalue weighted by molar-refractivity contribution is 0.569. The molecule has 0 bridgehead atoms. The number of aromatic nitrogens is 1.